The maximum atomic E-state index is 13.6. The standard InChI is InChI=1S/C14H9ClF3NO2/c15-9-3-4-11-10(7-9)13(14(16,17)18,21-12(20)19-11)6-5-8-1-2-8/h3-4,7-8H,1-2H2,(H,19,20)/t13-/m0/s1/i3+1,4+1,7+1,9+1,10+1,11+1. The Morgan fingerprint density at radius 3 is 2.71 bits per heavy atom. The van der Waals surface area contributed by atoms with E-state index in [-0.39, 0.29) is 22.2 Å². The first-order chi connectivity index (χ1) is 9.82. The summed E-state index contributed by atoms with van der Waals surface area (Å²) >= 11 is 5.78. The van der Waals surface area contributed by atoms with Crippen molar-refractivity contribution in [1.82, 2.24) is 0 Å². The summed E-state index contributed by atoms with van der Waals surface area (Å²) in [6.07, 6.45) is -4.54. The highest BCUT2D eigenvalue weighted by Crippen LogP contribution is 2.48. The molecule has 1 amide bonds. The second-order valence-electron chi connectivity index (χ2n) is 4.93. The zero-order valence-electron chi connectivity index (χ0n) is 10.6. The number of anilines is 1. The summed E-state index contributed by atoms with van der Waals surface area (Å²) in [7, 11) is 0. The molecular formula is C14H9ClF3NO2. The number of carbonyl (C=O) groups excluding carboxylic acids is 1. The van der Waals surface area contributed by atoms with Gasteiger partial charge in [0.2, 0.25) is 0 Å². The molecule has 1 aromatic rings. The molecule has 1 aromatic carbocycles. The molecule has 0 unspecified atom stereocenters. The smallest absolute Gasteiger partial charge is 0.415 e. The van der Waals surface area contributed by atoms with E-state index in [1.807, 2.05) is 0 Å². The monoisotopic (exact) mass is 321 g/mol. The number of hydrogen-bond acceptors (Lipinski definition) is 2. The molecule has 1 heterocycles. The predicted octanol–water partition coefficient (Wildman–Crippen LogP) is 4.07. The number of halogens is 4. The van der Waals surface area contributed by atoms with Crippen LogP contribution < -0.4 is 5.32 Å². The van der Waals surface area contributed by atoms with Gasteiger partial charge >= 0.3 is 12.3 Å². The fraction of sp³-hybridized carbons (Fsp3) is 0.357. The first-order valence-corrected chi connectivity index (χ1v) is 6.59. The Balaban J connectivity index is 2.22. The summed E-state index contributed by atoms with van der Waals surface area (Å²) in [6, 6.07) is 3.81. The molecule has 3 rings (SSSR count). The van der Waals surface area contributed by atoms with Crippen LogP contribution in [0.2, 0.25) is 5.02 Å². The molecule has 0 bridgehead atoms. The topological polar surface area (TPSA) is 38.3 Å². The van der Waals surface area contributed by atoms with Gasteiger partial charge in [-0.15, -0.1) is 0 Å². The lowest BCUT2D eigenvalue weighted by atomic mass is 10.1. The van der Waals surface area contributed by atoms with Crippen LogP contribution in [0.25, 0.3) is 0 Å². The van der Waals surface area contributed by atoms with Crippen molar-refractivity contribution in [3.05, 3.63) is 28.8 Å². The maximum Gasteiger partial charge on any atom is 0.445 e. The molecule has 0 radical (unpaired) electrons. The second kappa shape index (κ2) is 4.57. The molecule has 1 atom stereocenters. The van der Waals surface area contributed by atoms with Crippen LogP contribution in [-0.2, 0) is 10.3 Å². The van der Waals surface area contributed by atoms with E-state index in [1.165, 1.54) is 12.1 Å². The van der Waals surface area contributed by atoms with Crippen molar-refractivity contribution < 1.29 is 22.7 Å². The van der Waals surface area contributed by atoms with E-state index in [9.17, 15) is 18.0 Å². The van der Waals surface area contributed by atoms with E-state index >= 15 is 0 Å². The number of hydrogen-bond donors (Lipinski definition) is 1. The third kappa shape index (κ3) is 2.42. The average molecular weight is 322 g/mol. The summed E-state index contributed by atoms with van der Waals surface area (Å²) in [5, 5.41) is 2.34. The third-order valence-corrected chi connectivity index (χ3v) is 3.51. The first-order valence-electron chi connectivity index (χ1n) is 6.21. The molecule has 1 aliphatic carbocycles. The third-order valence-electron chi connectivity index (χ3n) is 3.27. The molecule has 1 fully saturated rings. The van der Waals surface area contributed by atoms with Gasteiger partial charge in [0.1, 0.15) is 0 Å². The van der Waals surface area contributed by atoms with Gasteiger partial charge < -0.3 is 4.74 Å². The quantitative estimate of drug-likeness (QED) is 0.731. The highest BCUT2D eigenvalue weighted by atomic mass is 35.5. The molecule has 3 nitrogen and oxygen atoms in total. The zero-order valence-corrected chi connectivity index (χ0v) is 11.3. The lowest BCUT2D eigenvalue weighted by Gasteiger charge is -2.35. The fourth-order valence-electron chi connectivity index (χ4n) is 2.05. The van der Waals surface area contributed by atoms with Crippen molar-refractivity contribution in [2.75, 3.05) is 5.32 Å². The van der Waals surface area contributed by atoms with Crippen molar-refractivity contribution in [2.45, 2.75) is 24.6 Å². The van der Waals surface area contributed by atoms with Crippen molar-refractivity contribution in [2.24, 2.45) is 5.92 Å². The van der Waals surface area contributed by atoms with Crippen LogP contribution in [0.1, 0.15) is 18.4 Å². The van der Waals surface area contributed by atoms with Gasteiger partial charge in [0.05, 0.1) is 5.69 Å². The maximum absolute atomic E-state index is 13.6. The molecule has 0 spiro atoms. The fourth-order valence-corrected chi connectivity index (χ4v) is 2.22. The van der Waals surface area contributed by atoms with Gasteiger partial charge in [0, 0.05) is 16.5 Å². The Kier molecular flexibility index (Phi) is 3.06. The normalized spacial score (nSPS) is 24.3. The van der Waals surface area contributed by atoms with E-state index in [4.69, 9.17) is 11.6 Å². The van der Waals surface area contributed by atoms with E-state index in [0.29, 0.717) is 0 Å². The number of nitrogens with one attached hydrogen (secondary N) is 1. The minimum atomic E-state index is -4.87. The molecule has 7 heteroatoms. The summed E-state index contributed by atoms with van der Waals surface area (Å²) in [4.78, 5) is 11.5. The lowest BCUT2D eigenvalue weighted by molar-refractivity contribution is -0.239. The van der Waals surface area contributed by atoms with Crippen LogP contribution in [0.3, 0.4) is 0 Å². The minimum Gasteiger partial charge on any atom is -0.415 e. The van der Waals surface area contributed by atoms with Crippen LogP contribution in [0.4, 0.5) is 23.7 Å². The van der Waals surface area contributed by atoms with Gasteiger partial charge in [0.25, 0.3) is 5.60 Å². The summed E-state index contributed by atoms with van der Waals surface area (Å²) < 4.78 is 45.4. The van der Waals surface area contributed by atoms with E-state index in [2.05, 4.69) is 21.9 Å². The Labute approximate surface area is 123 Å². The minimum absolute atomic E-state index is 0.00179. The number of rotatable bonds is 0. The predicted molar refractivity (Wildman–Crippen MR) is 69.8 cm³/mol. The number of cyclic esters (lactones) is 1. The van der Waals surface area contributed by atoms with Gasteiger partial charge in [-0.05, 0) is 37.0 Å². The number of ether oxygens (including phenoxy) is 1. The number of carbonyl (C=O) groups is 1. The summed E-state index contributed by atoms with van der Waals surface area (Å²) in [5.41, 5.74) is -3.27. The Hall–Kier alpha value is -1.87. The van der Waals surface area contributed by atoms with Crippen LogP contribution in [0.15, 0.2) is 18.2 Å². The van der Waals surface area contributed by atoms with E-state index in [0.717, 1.165) is 18.9 Å². The molecule has 1 N–H and O–H groups in total. The van der Waals surface area contributed by atoms with Crippen molar-refractivity contribution in [3.63, 3.8) is 0 Å². The molecule has 21 heavy (non-hydrogen) atoms. The van der Waals surface area contributed by atoms with Gasteiger partial charge in [-0.25, -0.2) is 4.79 Å². The molecule has 1 saturated carbocycles. The van der Waals surface area contributed by atoms with Crippen LogP contribution >= 0.6 is 11.6 Å². The molecule has 0 saturated heterocycles. The molecule has 1 aliphatic heterocycles. The van der Waals surface area contributed by atoms with Gasteiger partial charge in [0.15, 0.2) is 0 Å². The van der Waals surface area contributed by atoms with Crippen LogP contribution in [0.5, 0.6) is 0 Å². The van der Waals surface area contributed by atoms with Crippen LogP contribution in [-0.4, -0.2) is 12.3 Å². The van der Waals surface area contributed by atoms with E-state index in [1.54, 1.807) is 0 Å². The Morgan fingerprint density at radius 1 is 1.38 bits per heavy atom. The first kappa shape index (κ1) is 14.1. The van der Waals surface area contributed by atoms with Crippen molar-refractivity contribution in [1.29, 1.82) is 0 Å². The van der Waals surface area contributed by atoms with Gasteiger partial charge in [-0.2, -0.15) is 13.2 Å². The van der Waals surface area contributed by atoms with E-state index < -0.39 is 17.9 Å². The number of benzene rings is 1. The van der Waals surface area contributed by atoms with Crippen molar-refractivity contribution in [3.8, 4) is 11.8 Å². The second-order valence-corrected chi connectivity index (χ2v) is 5.36. The lowest BCUT2D eigenvalue weighted by Crippen LogP contribution is -2.49. The Bertz CT molecular complexity index is 673. The Morgan fingerprint density at radius 2 is 2.10 bits per heavy atom. The average Bonchev–Trinajstić information content (AvgIpc) is 3.19. The summed E-state index contributed by atoms with van der Waals surface area (Å²) in [6.45, 7) is 0. The number of alkyl halides is 3. The van der Waals surface area contributed by atoms with Crippen molar-refractivity contribution >= 4 is 23.4 Å². The zero-order chi connectivity index (χ0) is 15.3. The summed E-state index contributed by atoms with van der Waals surface area (Å²) in [5.74, 6) is 4.60. The SMILES string of the molecule is O=C1N[13c]2[13cH][13cH][13c](Cl)[13cH][13c]2[C@@](C#CC2CC2)(C(F)(F)F)O1. The number of fused-ring (bicyclic) bond motifs is 1. The van der Waals surface area contributed by atoms with Gasteiger partial charge in [-0.1, -0.05) is 17.5 Å². The molecule has 110 valence electrons. The molecular weight excluding hydrogens is 313 g/mol. The van der Waals surface area contributed by atoms with Crippen LogP contribution in [0, 0.1) is 17.8 Å². The molecule has 2 aliphatic rings. The highest BCUT2D eigenvalue weighted by Gasteiger charge is 2.62. The highest BCUT2D eigenvalue weighted by molar-refractivity contribution is 6.30. The largest absolute Gasteiger partial charge is 0.445 e. The number of amides is 1. The molecule has 0 aromatic heterocycles. The van der Waals surface area contributed by atoms with Gasteiger partial charge in [-0.3, -0.25) is 5.32 Å².